The second kappa shape index (κ2) is 2.58. The van der Waals surface area contributed by atoms with Gasteiger partial charge in [-0.3, -0.25) is 0 Å². The molecule has 0 aliphatic heterocycles. The zero-order valence-electron chi connectivity index (χ0n) is 5.82. The molecule has 2 nitrogen and oxygen atoms in total. The molecule has 0 unspecified atom stereocenters. The molecule has 0 bridgehead atoms. The predicted molar refractivity (Wildman–Crippen MR) is 40.8 cm³/mol. The molecule has 1 radical (unpaired) electrons. The lowest BCUT2D eigenvalue weighted by molar-refractivity contribution is 0.568. The molecule has 0 fully saturated rings. The lowest BCUT2D eigenvalue weighted by atomic mass is 10.2. The summed E-state index contributed by atoms with van der Waals surface area (Å²) in [6, 6.07) is 7.45. The molecule has 0 atom stereocenters. The van der Waals surface area contributed by atoms with Crippen molar-refractivity contribution in [3.63, 3.8) is 0 Å². The van der Waals surface area contributed by atoms with Gasteiger partial charge in [0.15, 0.2) is 0 Å². The van der Waals surface area contributed by atoms with Gasteiger partial charge in [0.1, 0.15) is 0 Å². The molecule has 0 aliphatic carbocycles. The first-order valence-electron chi connectivity index (χ1n) is 3.32. The number of hydrogen-bond donors (Lipinski definition) is 0. The van der Waals surface area contributed by atoms with Crippen molar-refractivity contribution in [1.82, 2.24) is 4.98 Å². The summed E-state index contributed by atoms with van der Waals surface area (Å²) in [6.45, 7) is 0. The van der Waals surface area contributed by atoms with Gasteiger partial charge in [-0.2, -0.15) is 0 Å². The maximum Gasteiger partial charge on any atom is 0.0996 e. The molecule has 0 aliphatic rings. The Labute approximate surface area is 64.5 Å². The van der Waals surface area contributed by atoms with E-state index >= 15 is 0 Å². The third-order valence-electron chi connectivity index (χ3n) is 1.43. The minimum atomic E-state index is 0.890. The van der Waals surface area contributed by atoms with Crippen LogP contribution in [0.25, 0.3) is 11.3 Å². The van der Waals surface area contributed by atoms with E-state index < -0.39 is 0 Å². The molecule has 0 saturated carbocycles. The number of pyridine rings is 1. The predicted octanol–water partition coefficient (Wildman–Crippen LogP) is 2.14. The van der Waals surface area contributed by atoms with Crippen molar-refractivity contribution < 1.29 is 4.42 Å². The highest BCUT2D eigenvalue weighted by Gasteiger charge is 1.96. The fourth-order valence-corrected chi connectivity index (χ4v) is 0.897. The zero-order valence-corrected chi connectivity index (χ0v) is 5.82. The van der Waals surface area contributed by atoms with E-state index in [-0.39, 0.29) is 0 Å². The van der Waals surface area contributed by atoms with Crippen LogP contribution in [0, 0.1) is 6.20 Å². The molecule has 0 N–H and O–H groups in total. The molecular formula is C9H6NO. The van der Waals surface area contributed by atoms with Crippen molar-refractivity contribution in [3.05, 3.63) is 43.0 Å². The van der Waals surface area contributed by atoms with Crippen LogP contribution in [0.4, 0.5) is 0 Å². The maximum atomic E-state index is 4.92. The zero-order chi connectivity index (χ0) is 7.52. The molecule has 2 aromatic heterocycles. The molecule has 0 spiro atoms. The summed E-state index contributed by atoms with van der Waals surface area (Å²) in [5, 5.41) is 0. The Balaban J connectivity index is 2.46. The van der Waals surface area contributed by atoms with Crippen molar-refractivity contribution >= 4 is 0 Å². The first-order valence-corrected chi connectivity index (χ1v) is 3.32. The summed E-state index contributed by atoms with van der Waals surface area (Å²) in [4.78, 5) is 4.04. The van der Waals surface area contributed by atoms with Crippen LogP contribution >= 0.6 is 0 Å². The lowest BCUT2D eigenvalue weighted by Gasteiger charge is -1.90. The normalized spacial score (nSPS) is 9.82. The van der Waals surface area contributed by atoms with E-state index in [4.69, 9.17) is 4.42 Å². The Morgan fingerprint density at radius 3 is 3.00 bits per heavy atom. The van der Waals surface area contributed by atoms with Crippen LogP contribution in [-0.2, 0) is 0 Å². The van der Waals surface area contributed by atoms with Crippen molar-refractivity contribution in [1.29, 1.82) is 0 Å². The Kier molecular flexibility index (Phi) is 1.44. The van der Waals surface area contributed by atoms with Crippen LogP contribution in [0.3, 0.4) is 0 Å². The lowest BCUT2D eigenvalue weighted by Crippen LogP contribution is -1.77. The number of aromatic nitrogens is 1. The SMILES string of the molecule is [c]1cccc(-c2ccoc2)n1. The quantitative estimate of drug-likeness (QED) is 0.612. The standard InChI is InChI=1S/C9H6NO/c1-2-5-10-9(3-1)8-4-6-11-7-8/h1-4,6-7H. The average molecular weight is 144 g/mol. The van der Waals surface area contributed by atoms with E-state index in [1.807, 2.05) is 18.2 Å². The third-order valence-corrected chi connectivity index (χ3v) is 1.43. The van der Waals surface area contributed by atoms with E-state index in [1.165, 1.54) is 0 Å². The monoisotopic (exact) mass is 144 g/mol. The highest BCUT2D eigenvalue weighted by molar-refractivity contribution is 5.56. The summed E-state index contributed by atoms with van der Waals surface area (Å²) >= 11 is 0. The van der Waals surface area contributed by atoms with E-state index in [9.17, 15) is 0 Å². The molecule has 2 heteroatoms. The number of hydrogen-bond acceptors (Lipinski definition) is 2. The Morgan fingerprint density at radius 1 is 1.36 bits per heavy atom. The van der Waals surface area contributed by atoms with E-state index in [2.05, 4.69) is 11.2 Å². The summed E-state index contributed by atoms with van der Waals surface area (Å²) < 4.78 is 4.92. The minimum absolute atomic E-state index is 0.890. The van der Waals surface area contributed by atoms with Crippen LogP contribution in [0.15, 0.2) is 41.2 Å². The van der Waals surface area contributed by atoms with Crippen molar-refractivity contribution in [2.45, 2.75) is 0 Å². The minimum Gasteiger partial charge on any atom is -0.472 e. The van der Waals surface area contributed by atoms with Gasteiger partial charge in [-0.1, -0.05) is 6.07 Å². The first kappa shape index (κ1) is 6.16. The second-order valence-electron chi connectivity index (χ2n) is 2.16. The topological polar surface area (TPSA) is 26.0 Å². The smallest absolute Gasteiger partial charge is 0.0996 e. The van der Waals surface area contributed by atoms with Crippen molar-refractivity contribution in [3.8, 4) is 11.3 Å². The van der Waals surface area contributed by atoms with Gasteiger partial charge in [0, 0.05) is 5.56 Å². The molecule has 11 heavy (non-hydrogen) atoms. The molecule has 2 rings (SSSR count). The Hall–Kier alpha value is -1.57. The van der Waals surface area contributed by atoms with Gasteiger partial charge in [0.2, 0.25) is 0 Å². The van der Waals surface area contributed by atoms with E-state index in [1.54, 1.807) is 18.6 Å². The van der Waals surface area contributed by atoms with Gasteiger partial charge in [-0.05, 0) is 18.2 Å². The fourth-order valence-electron chi connectivity index (χ4n) is 0.897. The van der Waals surface area contributed by atoms with Crippen LogP contribution in [0.5, 0.6) is 0 Å². The Morgan fingerprint density at radius 2 is 2.36 bits per heavy atom. The van der Waals surface area contributed by atoms with Crippen LogP contribution in [0.1, 0.15) is 0 Å². The summed E-state index contributed by atoms with van der Waals surface area (Å²) in [7, 11) is 0. The van der Waals surface area contributed by atoms with E-state index in [0.29, 0.717) is 0 Å². The van der Waals surface area contributed by atoms with Crippen molar-refractivity contribution in [2.24, 2.45) is 0 Å². The molecular weight excluding hydrogens is 138 g/mol. The van der Waals surface area contributed by atoms with Gasteiger partial charge in [-0.25, -0.2) is 4.98 Å². The third kappa shape index (κ3) is 1.15. The average Bonchev–Trinajstić information content (AvgIpc) is 2.58. The number of rotatable bonds is 1. The molecule has 2 aromatic rings. The molecule has 2 heterocycles. The summed E-state index contributed by atoms with van der Waals surface area (Å²) in [5.41, 5.74) is 1.88. The number of furan rings is 1. The largest absolute Gasteiger partial charge is 0.472 e. The summed E-state index contributed by atoms with van der Waals surface area (Å²) in [5.74, 6) is 0. The van der Waals surface area contributed by atoms with Gasteiger partial charge in [0.05, 0.1) is 24.4 Å². The van der Waals surface area contributed by atoms with Gasteiger partial charge in [-0.15, -0.1) is 0 Å². The van der Waals surface area contributed by atoms with Crippen LogP contribution in [0.2, 0.25) is 0 Å². The highest BCUT2D eigenvalue weighted by Crippen LogP contribution is 2.15. The molecule has 0 saturated heterocycles. The summed E-state index contributed by atoms with van der Waals surface area (Å²) in [6.07, 6.45) is 6.05. The second-order valence-corrected chi connectivity index (χ2v) is 2.16. The molecule has 0 amide bonds. The molecule has 0 aromatic carbocycles. The number of nitrogens with zero attached hydrogens (tertiary/aromatic N) is 1. The van der Waals surface area contributed by atoms with Crippen LogP contribution < -0.4 is 0 Å². The molecule has 53 valence electrons. The fraction of sp³-hybridized carbons (Fsp3) is 0. The van der Waals surface area contributed by atoms with Gasteiger partial charge < -0.3 is 4.42 Å². The van der Waals surface area contributed by atoms with Gasteiger partial charge in [0.25, 0.3) is 0 Å². The van der Waals surface area contributed by atoms with Gasteiger partial charge >= 0.3 is 0 Å². The first-order chi connectivity index (χ1) is 5.47. The van der Waals surface area contributed by atoms with E-state index in [0.717, 1.165) is 11.3 Å². The van der Waals surface area contributed by atoms with Crippen LogP contribution in [-0.4, -0.2) is 4.98 Å². The highest BCUT2D eigenvalue weighted by atomic mass is 16.3. The Bertz CT molecular complexity index is 313. The maximum absolute atomic E-state index is 4.92. The van der Waals surface area contributed by atoms with Crippen molar-refractivity contribution in [2.75, 3.05) is 0 Å².